The molecule has 2 fully saturated rings. The molecule has 31 heavy (non-hydrogen) atoms. The van der Waals surface area contributed by atoms with E-state index in [1.165, 1.54) is 6.42 Å². The fourth-order valence-corrected chi connectivity index (χ4v) is 5.03. The van der Waals surface area contributed by atoms with Crippen LogP contribution in [0.1, 0.15) is 51.4 Å². The largest absolute Gasteiger partial charge is 0.481 e. The van der Waals surface area contributed by atoms with Crippen LogP contribution in [0, 0.1) is 5.41 Å². The number of carbonyl (C=O) groups excluding carboxylic acids is 1. The van der Waals surface area contributed by atoms with E-state index >= 15 is 0 Å². The predicted molar refractivity (Wildman–Crippen MR) is 121 cm³/mol. The highest BCUT2D eigenvalue weighted by Gasteiger charge is 2.45. The molecule has 1 N–H and O–H groups in total. The van der Waals surface area contributed by atoms with Gasteiger partial charge in [-0.25, -0.2) is 4.98 Å². The molecular weight excluding hydrogens is 390 g/mol. The fraction of sp³-hybridized carbons (Fsp3) is 0.480. The molecule has 164 valence electrons. The Balaban J connectivity index is 1.52. The molecule has 6 heteroatoms. The van der Waals surface area contributed by atoms with Crippen molar-refractivity contribution in [2.24, 2.45) is 5.41 Å². The van der Waals surface area contributed by atoms with Crippen molar-refractivity contribution in [2.75, 3.05) is 22.9 Å². The van der Waals surface area contributed by atoms with Crippen LogP contribution in [0.4, 0.5) is 11.5 Å². The first-order valence-electron chi connectivity index (χ1n) is 11.4. The number of carboxylic acid groups (broad SMARTS) is 1. The van der Waals surface area contributed by atoms with E-state index in [-0.39, 0.29) is 18.4 Å². The molecule has 0 atom stereocenters. The standard InChI is InChI=1S/C25H31N3O3/c29-23(28(20-9-3-1-4-10-20)21-11-5-2-6-12-21)19-25(24(30)31)14-17-27(18-15-25)22-13-7-8-16-26-22/h1,3-4,7-10,13,16,21H,2,5-6,11-12,14-15,17-19H2,(H,30,31). The monoisotopic (exact) mass is 421 g/mol. The maximum Gasteiger partial charge on any atom is 0.310 e. The number of aliphatic carboxylic acids is 1. The first kappa shape index (κ1) is 21.3. The normalized spacial score (nSPS) is 19.0. The molecule has 1 aliphatic heterocycles. The number of hydrogen-bond acceptors (Lipinski definition) is 4. The van der Waals surface area contributed by atoms with E-state index in [1.54, 1.807) is 6.20 Å². The second kappa shape index (κ2) is 9.50. The number of anilines is 2. The Morgan fingerprint density at radius 3 is 2.29 bits per heavy atom. The number of benzene rings is 1. The highest BCUT2D eigenvalue weighted by molar-refractivity contribution is 5.97. The van der Waals surface area contributed by atoms with Gasteiger partial charge in [0.2, 0.25) is 5.91 Å². The van der Waals surface area contributed by atoms with E-state index in [0.29, 0.717) is 25.9 Å². The van der Waals surface area contributed by atoms with Crippen molar-refractivity contribution >= 4 is 23.4 Å². The third-order valence-electron chi connectivity index (χ3n) is 6.88. The fourth-order valence-electron chi connectivity index (χ4n) is 5.03. The van der Waals surface area contributed by atoms with Crippen LogP contribution in [0.25, 0.3) is 0 Å². The lowest BCUT2D eigenvalue weighted by molar-refractivity contribution is -0.153. The van der Waals surface area contributed by atoms with Gasteiger partial charge in [-0.15, -0.1) is 0 Å². The summed E-state index contributed by atoms with van der Waals surface area (Å²) >= 11 is 0. The van der Waals surface area contributed by atoms with Crippen LogP contribution in [-0.2, 0) is 9.59 Å². The zero-order valence-corrected chi connectivity index (χ0v) is 17.9. The van der Waals surface area contributed by atoms with Crippen LogP contribution >= 0.6 is 0 Å². The number of carboxylic acids is 1. The minimum atomic E-state index is -1.02. The van der Waals surface area contributed by atoms with Crippen molar-refractivity contribution in [1.29, 1.82) is 0 Å². The van der Waals surface area contributed by atoms with E-state index < -0.39 is 11.4 Å². The van der Waals surface area contributed by atoms with Gasteiger partial charge in [0.15, 0.2) is 0 Å². The average Bonchev–Trinajstić information content (AvgIpc) is 2.81. The molecule has 0 radical (unpaired) electrons. The molecule has 1 saturated heterocycles. The Hall–Kier alpha value is -2.89. The summed E-state index contributed by atoms with van der Waals surface area (Å²) in [5.41, 5.74) is -0.143. The van der Waals surface area contributed by atoms with Gasteiger partial charge in [-0.3, -0.25) is 9.59 Å². The van der Waals surface area contributed by atoms with Crippen molar-refractivity contribution in [1.82, 2.24) is 4.98 Å². The number of rotatable bonds is 6. The van der Waals surface area contributed by atoms with Gasteiger partial charge in [-0.1, -0.05) is 43.5 Å². The third-order valence-corrected chi connectivity index (χ3v) is 6.88. The predicted octanol–water partition coefficient (Wildman–Crippen LogP) is 4.51. The van der Waals surface area contributed by atoms with Crippen molar-refractivity contribution in [3.05, 3.63) is 54.7 Å². The highest BCUT2D eigenvalue weighted by atomic mass is 16.4. The van der Waals surface area contributed by atoms with E-state index in [9.17, 15) is 14.7 Å². The van der Waals surface area contributed by atoms with E-state index in [4.69, 9.17) is 0 Å². The number of aromatic nitrogens is 1. The molecule has 1 amide bonds. The van der Waals surface area contributed by atoms with Crippen LogP contribution in [0.3, 0.4) is 0 Å². The molecule has 4 rings (SSSR count). The van der Waals surface area contributed by atoms with Gasteiger partial charge in [-0.05, 0) is 49.9 Å². The van der Waals surface area contributed by atoms with Gasteiger partial charge in [0.25, 0.3) is 0 Å². The Morgan fingerprint density at radius 1 is 1.00 bits per heavy atom. The molecule has 1 aromatic carbocycles. The lowest BCUT2D eigenvalue weighted by Crippen LogP contribution is -2.49. The molecule has 1 aromatic heterocycles. The maximum atomic E-state index is 13.6. The Labute approximate surface area is 183 Å². The summed E-state index contributed by atoms with van der Waals surface area (Å²) < 4.78 is 0. The maximum absolute atomic E-state index is 13.6. The Kier molecular flexibility index (Phi) is 6.54. The lowest BCUT2D eigenvalue weighted by Gasteiger charge is -2.41. The van der Waals surface area contributed by atoms with E-state index in [2.05, 4.69) is 9.88 Å². The molecule has 2 aromatic rings. The molecular formula is C25H31N3O3. The van der Waals surface area contributed by atoms with Crippen LogP contribution in [0.5, 0.6) is 0 Å². The van der Waals surface area contributed by atoms with Gasteiger partial charge in [0.05, 0.1) is 5.41 Å². The third kappa shape index (κ3) is 4.73. The van der Waals surface area contributed by atoms with Gasteiger partial charge >= 0.3 is 5.97 Å². The number of piperidine rings is 1. The zero-order valence-electron chi connectivity index (χ0n) is 17.9. The van der Waals surface area contributed by atoms with Crippen molar-refractivity contribution in [3.63, 3.8) is 0 Å². The minimum absolute atomic E-state index is 0.0454. The molecule has 1 aliphatic carbocycles. The molecule has 6 nitrogen and oxygen atoms in total. The summed E-state index contributed by atoms with van der Waals surface area (Å²) in [6.45, 7) is 1.18. The molecule has 0 spiro atoms. The number of hydrogen-bond donors (Lipinski definition) is 1. The van der Waals surface area contributed by atoms with Gasteiger partial charge < -0.3 is 14.9 Å². The second-order valence-electron chi connectivity index (χ2n) is 8.83. The summed E-state index contributed by atoms with van der Waals surface area (Å²) in [5, 5.41) is 10.2. The van der Waals surface area contributed by atoms with Crippen molar-refractivity contribution in [3.8, 4) is 0 Å². The molecule has 1 saturated carbocycles. The van der Waals surface area contributed by atoms with Crippen LogP contribution < -0.4 is 9.80 Å². The first-order chi connectivity index (χ1) is 15.1. The van der Waals surface area contributed by atoms with Crippen LogP contribution in [0.15, 0.2) is 54.7 Å². The van der Waals surface area contributed by atoms with Crippen LogP contribution in [0.2, 0.25) is 0 Å². The Bertz CT molecular complexity index is 873. The summed E-state index contributed by atoms with van der Waals surface area (Å²) in [5.74, 6) is -0.0640. The highest BCUT2D eigenvalue weighted by Crippen LogP contribution is 2.39. The number of nitrogens with zero attached hydrogens (tertiary/aromatic N) is 3. The van der Waals surface area contributed by atoms with Crippen LogP contribution in [-0.4, -0.2) is 41.1 Å². The molecule has 0 bridgehead atoms. The molecule has 2 heterocycles. The average molecular weight is 422 g/mol. The van der Waals surface area contributed by atoms with Gasteiger partial charge in [0.1, 0.15) is 5.82 Å². The SMILES string of the molecule is O=C(CC1(C(=O)O)CCN(c2ccccn2)CC1)N(c1ccccc1)C1CCCCC1. The molecule has 2 aliphatic rings. The quantitative estimate of drug-likeness (QED) is 0.743. The number of para-hydroxylation sites is 1. The smallest absolute Gasteiger partial charge is 0.310 e. The minimum Gasteiger partial charge on any atom is -0.481 e. The van der Waals surface area contributed by atoms with Crippen molar-refractivity contribution < 1.29 is 14.7 Å². The van der Waals surface area contributed by atoms with E-state index in [0.717, 1.165) is 37.2 Å². The number of pyridine rings is 1. The second-order valence-corrected chi connectivity index (χ2v) is 8.83. The summed E-state index contributed by atoms with van der Waals surface area (Å²) in [4.78, 5) is 34.4. The number of amides is 1. The van der Waals surface area contributed by atoms with E-state index in [1.807, 2.05) is 53.4 Å². The molecule has 0 unspecified atom stereocenters. The van der Waals surface area contributed by atoms with Crippen molar-refractivity contribution in [2.45, 2.75) is 57.4 Å². The summed E-state index contributed by atoms with van der Waals surface area (Å²) in [6, 6.07) is 15.7. The zero-order chi connectivity index (χ0) is 21.7. The summed E-state index contributed by atoms with van der Waals surface area (Å²) in [7, 11) is 0. The lowest BCUT2D eigenvalue weighted by atomic mass is 9.75. The topological polar surface area (TPSA) is 73.7 Å². The number of carbonyl (C=O) groups is 2. The van der Waals surface area contributed by atoms with Gasteiger partial charge in [-0.2, -0.15) is 0 Å². The Morgan fingerprint density at radius 2 is 1.68 bits per heavy atom. The van der Waals surface area contributed by atoms with Gasteiger partial charge in [0, 0.05) is 37.4 Å². The first-order valence-corrected chi connectivity index (χ1v) is 11.4. The summed E-state index contributed by atoms with van der Waals surface area (Å²) in [6.07, 6.45) is 8.08.